The third-order valence-corrected chi connectivity index (χ3v) is 6.32. The van der Waals surface area contributed by atoms with Crippen molar-refractivity contribution in [3.63, 3.8) is 0 Å². The predicted molar refractivity (Wildman–Crippen MR) is 92.6 cm³/mol. The first-order chi connectivity index (χ1) is 11.6. The van der Waals surface area contributed by atoms with E-state index in [0.29, 0.717) is 22.9 Å². The number of ether oxygens (including phenoxy) is 3. The second-order valence-electron chi connectivity index (χ2n) is 5.15. The first-order valence-corrected chi connectivity index (χ1v) is 9.96. The van der Waals surface area contributed by atoms with Crippen molar-refractivity contribution in [2.45, 2.75) is 6.42 Å². The summed E-state index contributed by atoms with van der Waals surface area (Å²) in [6.45, 7) is 0. The number of esters is 1. The number of methoxy groups -OCH3 is 2. The Bertz CT molecular complexity index is 820. The van der Waals surface area contributed by atoms with Crippen LogP contribution in [0.3, 0.4) is 0 Å². The number of anilines is 1. The normalized spacial score (nSPS) is 11.9. The molecule has 2 N–H and O–H groups in total. The maximum absolute atomic E-state index is 11.4. The van der Waals surface area contributed by atoms with E-state index in [9.17, 15) is 4.79 Å². The number of hydrogen-bond donors (Lipinski definition) is 1. The molecule has 2 aromatic rings. The summed E-state index contributed by atoms with van der Waals surface area (Å²) in [6.07, 6.45) is 2.01. The van der Waals surface area contributed by atoms with Gasteiger partial charge in [-0.15, -0.1) is 0 Å². The molecule has 0 saturated heterocycles. The van der Waals surface area contributed by atoms with Gasteiger partial charge in [0, 0.05) is 0 Å². The van der Waals surface area contributed by atoms with E-state index in [1.807, 2.05) is 18.3 Å². The maximum atomic E-state index is 11.4. The molecule has 1 aliphatic rings. The number of nitrogens with two attached hydrogens (primary N) is 1. The standard InChI is InChI=1S/C17H16N2O4.Sn/c1-21-15-8-11(9-16(20)22-2)6-7-13(15)23-14-5-3-4-12(10-18)17(14)19;/h3,5-8,10H,9,19H2,1-2H3;/q-1;+1. The van der Waals surface area contributed by atoms with Crippen molar-refractivity contribution in [2.75, 3.05) is 20.0 Å². The zero-order valence-electron chi connectivity index (χ0n) is 13.3. The fourth-order valence-electron chi connectivity index (χ4n) is 2.37. The number of nitrogens with zero attached hydrogens (tertiary/aromatic N) is 1. The number of hydrogen-bond acceptors (Lipinski definition) is 6. The monoisotopic (exact) mass is 432 g/mol. The topological polar surface area (TPSA) is 83.1 Å². The van der Waals surface area contributed by atoms with E-state index in [1.54, 1.807) is 25.3 Å². The molecule has 2 radical (unpaired) electrons. The third kappa shape index (κ3) is 3.33. The van der Waals surface area contributed by atoms with Crippen LogP contribution in [0.4, 0.5) is 5.69 Å². The molecule has 0 spiro atoms. The van der Waals surface area contributed by atoms with Crippen molar-refractivity contribution in [3.05, 3.63) is 41.5 Å². The average Bonchev–Trinajstić information content (AvgIpc) is 3.07. The molecule has 6 nitrogen and oxygen atoms in total. The van der Waals surface area contributed by atoms with Gasteiger partial charge in [0.05, 0.1) is 7.11 Å². The quantitative estimate of drug-likeness (QED) is 0.441. The van der Waals surface area contributed by atoms with Crippen molar-refractivity contribution in [1.29, 1.82) is 0 Å². The van der Waals surface area contributed by atoms with Gasteiger partial charge < -0.3 is 0 Å². The van der Waals surface area contributed by atoms with Crippen LogP contribution in [0.15, 0.2) is 33.5 Å². The van der Waals surface area contributed by atoms with E-state index in [-0.39, 0.29) is 12.4 Å². The molecule has 0 fully saturated rings. The Morgan fingerprint density at radius 1 is 1.17 bits per heavy atom. The summed E-state index contributed by atoms with van der Waals surface area (Å²) >= 11 is -0.857. The Kier molecular flexibility index (Phi) is 4.94. The molecule has 0 amide bonds. The van der Waals surface area contributed by atoms with Crippen LogP contribution in [-0.2, 0) is 16.0 Å². The van der Waals surface area contributed by atoms with Crippen molar-refractivity contribution in [2.24, 2.45) is 3.21 Å². The summed E-state index contributed by atoms with van der Waals surface area (Å²) in [4.78, 5) is 11.4. The van der Waals surface area contributed by atoms with E-state index in [0.717, 1.165) is 11.1 Å². The molecular weight excluding hydrogens is 415 g/mol. The van der Waals surface area contributed by atoms with Crippen molar-refractivity contribution < 1.29 is 19.0 Å². The molecule has 0 aromatic heterocycles. The van der Waals surface area contributed by atoms with Gasteiger partial charge in [-0.3, -0.25) is 0 Å². The molecule has 3 rings (SSSR count). The zero-order valence-corrected chi connectivity index (χ0v) is 16.2. The molecule has 7 heteroatoms. The van der Waals surface area contributed by atoms with Gasteiger partial charge in [0.1, 0.15) is 0 Å². The van der Waals surface area contributed by atoms with Gasteiger partial charge in [0.2, 0.25) is 0 Å². The summed E-state index contributed by atoms with van der Waals surface area (Å²) in [5.41, 5.74) is 8.55. The second kappa shape index (κ2) is 7.12. The summed E-state index contributed by atoms with van der Waals surface area (Å²) in [5, 5.41) is 0. The number of benzene rings is 2. The van der Waals surface area contributed by atoms with Crippen molar-refractivity contribution in [1.82, 2.24) is 0 Å². The number of carbonyl (C=O) groups is 1. The minimum atomic E-state index is -0.857. The SMILES string of the molecule is COC(=O)Cc1ccc(Oc2cc[c]3c(c2N)C=[N][Sn]3)c(OC)c1. The van der Waals surface area contributed by atoms with Gasteiger partial charge in [0.15, 0.2) is 0 Å². The van der Waals surface area contributed by atoms with Gasteiger partial charge in [-0.1, -0.05) is 0 Å². The zero-order chi connectivity index (χ0) is 17.1. The molecule has 2 aromatic carbocycles. The number of carbonyl (C=O) groups excluding carboxylic acids is 1. The molecule has 0 atom stereocenters. The predicted octanol–water partition coefficient (Wildman–Crippen LogP) is 1.46. The number of fused-ring (bicyclic) bond motifs is 1. The molecule has 0 aliphatic carbocycles. The molecule has 1 heterocycles. The number of nitrogen functional groups attached to an aromatic ring is 1. The van der Waals surface area contributed by atoms with Crippen molar-refractivity contribution >= 4 is 42.9 Å². The van der Waals surface area contributed by atoms with E-state index in [2.05, 4.69) is 7.95 Å². The Labute approximate surface area is 150 Å². The van der Waals surface area contributed by atoms with Gasteiger partial charge in [-0.05, 0) is 0 Å². The van der Waals surface area contributed by atoms with Gasteiger partial charge >= 0.3 is 143 Å². The Hall–Kier alpha value is -2.22. The summed E-state index contributed by atoms with van der Waals surface area (Å²) < 4.78 is 21.6. The fourth-order valence-corrected chi connectivity index (χ4v) is 4.68. The first kappa shape index (κ1) is 16.6. The summed E-state index contributed by atoms with van der Waals surface area (Å²) in [6, 6.07) is 9.21. The molecule has 0 saturated carbocycles. The van der Waals surface area contributed by atoms with Crippen LogP contribution >= 0.6 is 0 Å². The van der Waals surface area contributed by atoms with E-state index in [4.69, 9.17) is 15.2 Å². The average molecular weight is 431 g/mol. The van der Waals surface area contributed by atoms with Gasteiger partial charge in [-0.2, -0.15) is 0 Å². The third-order valence-electron chi connectivity index (χ3n) is 3.65. The summed E-state index contributed by atoms with van der Waals surface area (Å²) in [7, 11) is 2.91. The number of rotatable bonds is 5. The van der Waals surface area contributed by atoms with Crippen LogP contribution in [-0.4, -0.2) is 47.8 Å². The molecule has 0 unspecified atom stereocenters. The molecule has 122 valence electrons. The van der Waals surface area contributed by atoms with Crippen LogP contribution in [0.1, 0.15) is 11.1 Å². The molecular formula is C17H16N2O4Sn. The van der Waals surface area contributed by atoms with E-state index < -0.39 is 21.4 Å². The van der Waals surface area contributed by atoms with Crippen LogP contribution < -0.4 is 18.8 Å². The minimum absolute atomic E-state index is 0.177. The molecule has 24 heavy (non-hydrogen) atoms. The first-order valence-electron chi connectivity index (χ1n) is 7.25. The van der Waals surface area contributed by atoms with Crippen molar-refractivity contribution in [3.8, 4) is 17.2 Å². The second-order valence-corrected chi connectivity index (χ2v) is 8.06. The fraction of sp³-hybridized carbons (Fsp3) is 0.176. The Morgan fingerprint density at radius 2 is 1.96 bits per heavy atom. The van der Waals surface area contributed by atoms with Crippen LogP contribution in [0.25, 0.3) is 0 Å². The van der Waals surface area contributed by atoms with Crippen LogP contribution in [0.2, 0.25) is 0 Å². The van der Waals surface area contributed by atoms with Crippen LogP contribution in [0, 0.1) is 0 Å². The molecule has 1 aliphatic heterocycles. The Balaban J connectivity index is 1.87. The summed E-state index contributed by atoms with van der Waals surface area (Å²) in [5.74, 6) is 1.33. The molecule has 0 bridgehead atoms. The van der Waals surface area contributed by atoms with E-state index >= 15 is 0 Å². The Morgan fingerprint density at radius 3 is 2.71 bits per heavy atom. The van der Waals surface area contributed by atoms with Crippen LogP contribution in [0.5, 0.6) is 17.2 Å². The van der Waals surface area contributed by atoms with E-state index in [1.165, 1.54) is 10.7 Å². The van der Waals surface area contributed by atoms with Gasteiger partial charge in [0.25, 0.3) is 0 Å². The van der Waals surface area contributed by atoms with Gasteiger partial charge in [-0.25, -0.2) is 0 Å².